The maximum atomic E-state index is 11.7. The van der Waals surface area contributed by atoms with Crippen molar-refractivity contribution in [3.63, 3.8) is 0 Å². The van der Waals surface area contributed by atoms with Gasteiger partial charge in [0, 0.05) is 11.1 Å². The number of carboxylic acid groups (broad SMARTS) is 1. The predicted octanol–water partition coefficient (Wildman–Crippen LogP) is 3.39. The van der Waals surface area contributed by atoms with Crippen LogP contribution in [0.25, 0.3) is 23.1 Å². The highest BCUT2D eigenvalue weighted by molar-refractivity contribution is 5.96. The molecule has 2 aromatic carbocycles. The first-order chi connectivity index (χ1) is 12.6. The lowest BCUT2D eigenvalue weighted by Gasteiger charge is -2.12. The molecule has 1 aromatic heterocycles. The van der Waals surface area contributed by atoms with Crippen molar-refractivity contribution in [2.45, 2.75) is 0 Å². The molecule has 3 aromatic rings. The van der Waals surface area contributed by atoms with Crippen LogP contribution in [0.1, 0.15) is 21.6 Å². The number of cyclic esters (lactones) is 1. The number of fused-ring (bicyclic) bond motifs is 1. The number of ether oxygens (including phenoxy) is 1. The van der Waals surface area contributed by atoms with Crippen molar-refractivity contribution in [3.8, 4) is 0 Å². The summed E-state index contributed by atoms with van der Waals surface area (Å²) >= 11 is 0. The van der Waals surface area contributed by atoms with Crippen molar-refractivity contribution >= 4 is 40.8 Å². The van der Waals surface area contributed by atoms with E-state index in [1.165, 1.54) is 0 Å². The molecule has 0 spiro atoms. The van der Waals surface area contributed by atoms with Crippen LogP contribution in [0.4, 0.5) is 10.5 Å². The highest BCUT2D eigenvalue weighted by atomic mass is 16.6. The molecule has 0 bridgehead atoms. The van der Waals surface area contributed by atoms with Gasteiger partial charge in [0.15, 0.2) is 0 Å². The molecule has 0 unspecified atom stereocenters. The molecule has 1 saturated heterocycles. The number of anilines is 1. The molecule has 0 aliphatic carbocycles. The molecule has 1 amide bonds. The zero-order valence-corrected chi connectivity index (χ0v) is 13.7. The second-order valence-corrected chi connectivity index (χ2v) is 5.87. The van der Waals surface area contributed by atoms with E-state index < -0.39 is 5.97 Å². The quantitative estimate of drug-likeness (QED) is 0.753. The number of carboxylic acids is 1. The minimum absolute atomic E-state index is 0.245. The van der Waals surface area contributed by atoms with Gasteiger partial charge in [0.25, 0.3) is 0 Å². The van der Waals surface area contributed by atoms with Crippen LogP contribution in [-0.4, -0.2) is 40.5 Å². The predicted molar refractivity (Wildman–Crippen MR) is 97.1 cm³/mol. The lowest BCUT2D eigenvalue weighted by Crippen LogP contribution is -2.23. The van der Waals surface area contributed by atoms with Gasteiger partial charge in [0.1, 0.15) is 6.61 Å². The van der Waals surface area contributed by atoms with E-state index in [2.05, 4.69) is 10.2 Å². The summed E-state index contributed by atoms with van der Waals surface area (Å²) in [6.07, 6.45) is 3.36. The summed E-state index contributed by atoms with van der Waals surface area (Å²) in [7, 11) is 0. The van der Waals surface area contributed by atoms with Crippen molar-refractivity contribution in [1.82, 2.24) is 10.2 Å². The number of H-pyrrole nitrogens is 1. The van der Waals surface area contributed by atoms with E-state index in [1.807, 2.05) is 30.4 Å². The van der Waals surface area contributed by atoms with Crippen molar-refractivity contribution < 1.29 is 19.4 Å². The summed E-state index contributed by atoms with van der Waals surface area (Å²) in [5.41, 5.74) is 3.47. The van der Waals surface area contributed by atoms with Gasteiger partial charge in [-0.3, -0.25) is 10.00 Å². The van der Waals surface area contributed by atoms with Gasteiger partial charge in [-0.05, 0) is 42.0 Å². The summed E-state index contributed by atoms with van der Waals surface area (Å²) in [5.74, 6) is -0.952. The lowest BCUT2D eigenvalue weighted by molar-refractivity contribution is 0.0697. The fourth-order valence-electron chi connectivity index (χ4n) is 2.86. The Morgan fingerprint density at radius 2 is 2.00 bits per heavy atom. The van der Waals surface area contributed by atoms with Gasteiger partial charge in [-0.2, -0.15) is 5.10 Å². The van der Waals surface area contributed by atoms with Gasteiger partial charge in [-0.15, -0.1) is 0 Å². The number of hydrogen-bond donors (Lipinski definition) is 2. The summed E-state index contributed by atoms with van der Waals surface area (Å²) in [5, 5.41) is 17.1. The van der Waals surface area contributed by atoms with Gasteiger partial charge >= 0.3 is 12.1 Å². The third-order valence-electron chi connectivity index (χ3n) is 4.24. The molecular formula is C19H15N3O4. The summed E-state index contributed by atoms with van der Waals surface area (Å²) < 4.78 is 4.98. The average molecular weight is 349 g/mol. The highest BCUT2D eigenvalue weighted by Gasteiger charge is 2.23. The Bertz CT molecular complexity index is 1020. The molecule has 130 valence electrons. The number of hydrogen-bond acceptors (Lipinski definition) is 4. The molecule has 0 atom stereocenters. The van der Waals surface area contributed by atoms with E-state index in [-0.39, 0.29) is 11.7 Å². The number of amides is 1. The van der Waals surface area contributed by atoms with Crippen LogP contribution < -0.4 is 4.90 Å². The zero-order valence-electron chi connectivity index (χ0n) is 13.7. The molecule has 1 aliphatic heterocycles. The number of aromatic amines is 1. The fraction of sp³-hybridized carbons (Fsp3) is 0.105. The van der Waals surface area contributed by atoms with Crippen LogP contribution in [0, 0.1) is 0 Å². The molecule has 7 nitrogen and oxygen atoms in total. The molecule has 2 heterocycles. The van der Waals surface area contributed by atoms with E-state index in [0.29, 0.717) is 13.2 Å². The average Bonchev–Trinajstić information content (AvgIpc) is 3.25. The first kappa shape index (κ1) is 15.9. The van der Waals surface area contributed by atoms with Gasteiger partial charge in [-0.25, -0.2) is 9.59 Å². The van der Waals surface area contributed by atoms with Crippen molar-refractivity contribution in [2.24, 2.45) is 0 Å². The Labute approximate surface area is 148 Å². The number of carbonyl (C=O) groups excluding carboxylic acids is 1. The summed E-state index contributed by atoms with van der Waals surface area (Å²) in [4.78, 5) is 24.2. The second-order valence-electron chi connectivity index (χ2n) is 5.87. The van der Waals surface area contributed by atoms with E-state index in [4.69, 9.17) is 9.84 Å². The van der Waals surface area contributed by atoms with Crippen LogP contribution in [-0.2, 0) is 4.74 Å². The largest absolute Gasteiger partial charge is 0.478 e. The topological polar surface area (TPSA) is 95.5 Å². The van der Waals surface area contributed by atoms with E-state index in [1.54, 1.807) is 29.2 Å². The van der Waals surface area contributed by atoms with Crippen LogP contribution in [0.15, 0.2) is 42.5 Å². The highest BCUT2D eigenvalue weighted by Crippen LogP contribution is 2.26. The van der Waals surface area contributed by atoms with Crippen LogP contribution in [0.2, 0.25) is 0 Å². The molecule has 4 rings (SSSR count). The van der Waals surface area contributed by atoms with Crippen molar-refractivity contribution in [2.75, 3.05) is 18.1 Å². The van der Waals surface area contributed by atoms with Gasteiger partial charge in [0.2, 0.25) is 0 Å². The lowest BCUT2D eigenvalue weighted by atomic mass is 10.1. The Kier molecular flexibility index (Phi) is 3.89. The number of carbonyl (C=O) groups is 2. The third-order valence-corrected chi connectivity index (χ3v) is 4.24. The standard InChI is InChI=1S/C19H15N3O4/c23-18(24)13-4-1-12(2-5-13)3-7-16-15-11-14(6-8-17(15)21-20-16)22-9-10-26-19(22)25/h1-8,11H,9-10H2,(H,20,21)(H,23,24)/b7-3+. The minimum atomic E-state index is -0.952. The molecule has 26 heavy (non-hydrogen) atoms. The monoisotopic (exact) mass is 349 g/mol. The number of benzene rings is 2. The fourth-order valence-corrected chi connectivity index (χ4v) is 2.86. The van der Waals surface area contributed by atoms with E-state index in [0.717, 1.165) is 27.8 Å². The Balaban J connectivity index is 1.63. The Morgan fingerprint density at radius 1 is 1.19 bits per heavy atom. The maximum Gasteiger partial charge on any atom is 0.414 e. The van der Waals surface area contributed by atoms with Crippen LogP contribution in [0.3, 0.4) is 0 Å². The van der Waals surface area contributed by atoms with Crippen LogP contribution >= 0.6 is 0 Å². The maximum absolute atomic E-state index is 11.7. The summed E-state index contributed by atoms with van der Waals surface area (Å²) in [6, 6.07) is 12.2. The Morgan fingerprint density at radius 3 is 2.69 bits per heavy atom. The first-order valence-electron chi connectivity index (χ1n) is 8.06. The van der Waals surface area contributed by atoms with E-state index in [9.17, 15) is 9.59 Å². The summed E-state index contributed by atoms with van der Waals surface area (Å²) in [6.45, 7) is 0.921. The minimum Gasteiger partial charge on any atom is -0.478 e. The molecule has 7 heteroatoms. The number of aromatic nitrogens is 2. The van der Waals surface area contributed by atoms with Crippen molar-refractivity contribution in [1.29, 1.82) is 0 Å². The van der Waals surface area contributed by atoms with Crippen molar-refractivity contribution in [3.05, 3.63) is 59.3 Å². The Hall–Kier alpha value is -3.61. The number of nitrogens with one attached hydrogen (secondary N) is 1. The number of nitrogens with zero attached hydrogens (tertiary/aromatic N) is 2. The van der Waals surface area contributed by atoms with E-state index >= 15 is 0 Å². The molecule has 0 radical (unpaired) electrons. The van der Waals surface area contributed by atoms with Gasteiger partial charge in [-0.1, -0.05) is 18.2 Å². The van der Waals surface area contributed by atoms with Gasteiger partial charge < -0.3 is 9.84 Å². The third kappa shape index (κ3) is 2.90. The van der Waals surface area contributed by atoms with Crippen LogP contribution in [0.5, 0.6) is 0 Å². The SMILES string of the molecule is O=C(O)c1ccc(/C=C/c2n[nH]c3ccc(N4CCOC4=O)cc23)cc1. The normalized spacial score (nSPS) is 14.3. The zero-order chi connectivity index (χ0) is 18.1. The number of rotatable bonds is 4. The molecule has 1 fully saturated rings. The molecule has 0 saturated carbocycles. The molecular weight excluding hydrogens is 334 g/mol. The molecule has 1 aliphatic rings. The van der Waals surface area contributed by atoms with Gasteiger partial charge in [0.05, 0.1) is 23.3 Å². The molecule has 2 N–H and O–H groups in total. The second kappa shape index (κ2) is 6.36. The smallest absolute Gasteiger partial charge is 0.414 e. The first-order valence-corrected chi connectivity index (χ1v) is 8.06. The number of aromatic carboxylic acids is 1.